The first-order valence-corrected chi connectivity index (χ1v) is 11.8. The highest BCUT2D eigenvalue weighted by molar-refractivity contribution is 5.91. The predicted octanol–water partition coefficient (Wildman–Crippen LogP) is 4.22. The lowest BCUT2D eigenvalue weighted by Crippen LogP contribution is -2.12. The molecule has 3 aromatic rings. The third kappa shape index (κ3) is 5.54. The average molecular weight is 457 g/mol. The number of carbonyl (C=O) groups excluding carboxylic acids is 1. The molecule has 3 heterocycles. The van der Waals surface area contributed by atoms with Crippen LogP contribution in [-0.4, -0.2) is 40.6 Å². The third-order valence-electron chi connectivity index (χ3n) is 5.85. The third-order valence-corrected chi connectivity index (χ3v) is 5.85. The average Bonchev–Trinajstić information content (AvgIpc) is 3.75. The molecule has 9 heteroatoms. The zero-order valence-electron chi connectivity index (χ0n) is 19.0. The van der Waals surface area contributed by atoms with Crippen molar-refractivity contribution in [2.75, 3.05) is 5.32 Å². The second kappa shape index (κ2) is 9.94. The highest BCUT2D eigenvalue weighted by atomic mass is 16.1. The molecule has 2 fully saturated rings. The van der Waals surface area contributed by atoms with E-state index in [1.165, 1.54) is 12.8 Å². The predicted molar refractivity (Wildman–Crippen MR) is 129 cm³/mol. The first-order chi connectivity index (χ1) is 16.7. The number of allylic oxidation sites excluding steroid dienone is 4. The van der Waals surface area contributed by atoms with E-state index in [9.17, 15) is 4.79 Å². The second-order valence-corrected chi connectivity index (χ2v) is 8.81. The summed E-state index contributed by atoms with van der Waals surface area (Å²) in [5.41, 5.74) is 2.47. The summed E-state index contributed by atoms with van der Waals surface area (Å²) in [5, 5.41) is 19.7. The summed E-state index contributed by atoms with van der Waals surface area (Å²) in [5.74, 6) is 1.78. The largest absolute Gasteiger partial charge is 0.310 e. The van der Waals surface area contributed by atoms with Crippen LogP contribution in [-0.2, 0) is 11.2 Å². The van der Waals surface area contributed by atoms with Gasteiger partial charge in [0.05, 0.1) is 17.6 Å². The van der Waals surface area contributed by atoms with E-state index in [0.29, 0.717) is 17.6 Å². The SMILES string of the molecule is C=CCC=CC(=CCC(=O)Nc1cccc(-c2nncn2C2CC2)n1)n1cc(CC2CC2)nn1. The van der Waals surface area contributed by atoms with Gasteiger partial charge in [-0.2, -0.15) is 0 Å². The minimum Gasteiger partial charge on any atom is -0.310 e. The maximum absolute atomic E-state index is 12.7. The van der Waals surface area contributed by atoms with Crippen LogP contribution < -0.4 is 5.32 Å². The Kier molecular flexibility index (Phi) is 6.42. The van der Waals surface area contributed by atoms with Crippen molar-refractivity contribution in [3.8, 4) is 11.5 Å². The number of amides is 1. The molecule has 0 unspecified atom stereocenters. The van der Waals surface area contributed by atoms with Gasteiger partial charge in [-0.25, -0.2) is 9.67 Å². The maximum Gasteiger partial charge on any atom is 0.229 e. The standard InChI is InChI=1S/C25H28N8O/c1-2-3-4-6-21(33-16-19(29-31-33)15-18-9-10-18)13-14-24(34)28-23-8-5-7-22(27-23)25-30-26-17-32(25)20-11-12-20/h2,4-8,13,16-18,20H,1,3,9-12,14-15H2,(H,27,28,34). The Morgan fingerprint density at radius 1 is 1.21 bits per heavy atom. The monoisotopic (exact) mass is 456 g/mol. The maximum atomic E-state index is 12.7. The minimum atomic E-state index is -0.166. The van der Waals surface area contributed by atoms with Crippen LogP contribution in [0.2, 0.25) is 0 Å². The van der Waals surface area contributed by atoms with Gasteiger partial charge in [0.25, 0.3) is 0 Å². The van der Waals surface area contributed by atoms with E-state index in [1.54, 1.807) is 17.1 Å². The molecule has 2 saturated carbocycles. The Labute approximate surface area is 198 Å². The lowest BCUT2D eigenvalue weighted by molar-refractivity contribution is -0.115. The van der Waals surface area contributed by atoms with Gasteiger partial charge in [-0.1, -0.05) is 23.4 Å². The van der Waals surface area contributed by atoms with Crippen LogP contribution >= 0.6 is 0 Å². The van der Waals surface area contributed by atoms with E-state index in [4.69, 9.17) is 0 Å². The summed E-state index contributed by atoms with van der Waals surface area (Å²) < 4.78 is 3.78. The normalized spacial score (nSPS) is 16.2. The van der Waals surface area contributed by atoms with Crippen molar-refractivity contribution in [2.45, 2.75) is 51.0 Å². The molecule has 0 atom stereocenters. The van der Waals surface area contributed by atoms with Crippen molar-refractivity contribution in [1.29, 1.82) is 0 Å². The number of carbonyl (C=O) groups is 1. The first kappa shape index (κ1) is 21.9. The molecule has 0 aliphatic heterocycles. The molecule has 1 N–H and O–H groups in total. The number of hydrogen-bond acceptors (Lipinski definition) is 6. The fourth-order valence-electron chi connectivity index (χ4n) is 3.72. The number of rotatable bonds is 11. The van der Waals surface area contributed by atoms with E-state index >= 15 is 0 Å². The quantitative estimate of drug-likeness (QED) is 0.342. The number of pyridine rings is 1. The number of aromatic nitrogens is 7. The Balaban J connectivity index is 1.27. The summed E-state index contributed by atoms with van der Waals surface area (Å²) in [7, 11) is 0. The van der Waals surface area contributed by atoms with Gasteiger partial charge in [0.1, 0.15) is 17.8 Å². The number of nitrogens with zero attached hydrogens (tertiary/aromatic N) is 7. The molecule has 174 valence electrons. The van der Waals surface area contributed by atoms with E-state index in [-0.39, 0.29) is 12.3 Å². The lowest BCUT2D eigenvalue weighted by Gasteiger charge is -2.07. The molecular weight excluding hydrogens is 428 g/mol. The fraction of sp³-hybridized carbons (Fsp3) is 0.360. The molecule has 3 aromatic heterocycles. The van der Waals surface area contributed by atoms with E-state index < -0.39 is 0 Å². The van der Waals surface area contributed by atoms with Crippen LogP contribution in [0.15, 0.2) is 61.6 Å². The van der Waals surface area contributed by atoms with Crippen molar-refractivity contribution in [2.24, 2.45) is 5.92 Å². The van der Waals surface area contributed by atoms with E-state index in [0.717, 1.165) is 48.8 Å². The molecule has 9 nitrogen and oxygen atoms in total. The molecule has 0 saturated heterocycles. The van der Waals surface area contributed by atoms with Crippen molar-refractivity contribution >= 4 is 17.4 Å². The zero-order valence-corrected chi connectivity index (χ0v) is 19.0. The molecule has 5 rings (SSSR count). The van der Waals surface area contributed by atoms with Gasteiger partial charge in [-0.15, -0.1) is 21.9 Å². The first-order valence-electron chi connectivity index (χ1n) is 11.8. The van der Waals surface area contributed by atoms with Gasteiger partial charge in [-0.3, -0.25) is 4.79 Å². The molecular formula is C25H28N8O. The highest BCUT2D eigenvalue weighted by Crippen LogP contribution is 2.37. The highest BCUT2D eigenvalue weighted by Gasteiger charge is 2.27. The van der Waals surface area contributed by atoms with Gasteiger partial charge in [0.2, 0.25) is 5.91 Å². The lowest BCUT2D eigenvalue weighted by atomic mass is 10.2. The fourth-order valence-corrected chi connectivity index (χ4v) is 3.72. The Hall–Kier alpha value is -3.88. The summed E-state index contributed by atoms with van der Waals surface area (Å²) in [6.45, 7) is 3.75. The van der Waals surface area contributed by atoms with Crippen molar-refractivity contribution in [3.05, 3.63) is 67.3 Å². The van der Waals surface area contributed by atoms with Crippen LogP contribution in [0.5, 0.6) is 0 Å². The van der Waals surface area contributed by atoms with E-state index in [2.05, 4.69) is 37.4 Å². The van der Waals surface area contributed by atoms with E-state index in [1.807, 2.05) is 47.2 Å². The Morgan fingerprint density at radius 3 is 2.88 bits per heavy atom. The molecule has 0 radical (unpaired) electrons. The van der Waals surface area contributed by atoms with Crippen LogP contribution in [0.4, 0.5) is 5.82 Å². The summed E-state index contributed by atoms with van der Waals surface area (Å²) in [6.07, 6.45) is 17.9. The molecule has 0 aromatic carbocycles. The second-order valence-electron chi connectivity index (χ2n) is 8.81. The topological polar surface area (TPSA) is 103 Å². The van der Waals surface area contributed by atoms with Crippen LogP contribution in [0.1, 0.15) is 50.3 Å². The summed E-state index contributed by atoms with van der Waals surface area (Å²) in [6, 6.07) is 5.96. The number of nitrogens with one attached hydrogen (secondary N) is 1. The molecule has 0 spiro atoms. The number of anilines is 1. The summed E-state index contributed by atoms with van der Waals surface area (Å²) in [4.78, 5) is 17.3. The Morgan fingerprint density at radius 2 is 2.09 bits per heavy atom. The van der Waals surface area contributed by atoms with Gasteiger partial charge in [0.15, 0.2) is 5.82 Å². The van der Waals surface area contributed by atoms with Gasteiger partial charge >= 0.3 is 0 Å². The number of hydrogen-bond donors (Lipinski definition) is 1. The summed E-state index contributed by atoms with van der Waals surface area (Å²) >= 11 is 0. The van der Waals surface area contributed by atoms with Crippen molar-refractivity contribution in [1.82, 2.24) is 34.7 Å². The van der Waals surface area contributed by atoms with Crippen LogP contribution in [0.25, 0.3) is 17.2 Å². The molecule has 2 aliphatic carbocycles. The van der Waals surface area contributed by atoms with Crippen molar-refractivity contribution in [3.63, 3.8) is 0 Å². The molecule has 2 aliphatic rings. The molecule has 34 heavy (non-hydrogen) atoms. The van der Waals surface area contributed by atoms with Crippen LogP contribution in [0.3, 0.4) is 0 Å². The van der Waals surface area contributed by atoms with Crippen LogP contribution in [0, 0.1) is 5.92 Å². The molecule has 1 amide bonds. The van der Waals surface area contributed by atoms with Gasteiger partial charge < -0.3 is 9.88 Å². The van der Waals surface area contributed by atoms with Gasteiger partial charge in [-0.05, 0) is 68.7 Å². The van der Waals surface area contributed by atoms with Gasteiger partial charge in [0, 0.05) is 12.5 Å². The molecule has 0 bridgehead atoms. The Bertz CT molecular complexity index is 1230. The van der Waals surface area contributed by atoms with Crippen molar-refractivity contribution < 1.29 is 4.79 Å². The smallest absolute Gasteiger partial charge is 0.229 e. The minimum absolute atomic E-state index is 0.166. The zero-order chi connectivity index (χ0) is 23.3.